The van der Waals surface area contributed by atoms with Crippen LogP contribution in [0.3, 0.4) is 0 Å². The molecule has 0 unspecified atom stereocenters. The standard InChI is InChI=1S/C58H40N2/c1-3-19-42(20-4-1)48-26-11-14-33-54(48)59(45-39-37-43(38-40-45)47-31-17-22-41-21-7-8-25-46(41)47)55-34-15-12-29-51(55)49-27-9-10-28-50(49)52-32-18-36-57-58(52)53-30-13-16-35-56(53)60(57)44-23-5-2-6-24-44/h1-40H. The zero-order chi connectivity index (χ0) is 39.8. The summed E-state index contributed by atoms with van der Waals surface area (Å²) >= 11 is 0. The predicted molar refractivity (Wildman–Crippen MR) is 255 cm³/mol. The summed E-state index contributed by atoms with van der Waals surface area (Å²) in [5, 5.41) is 4.98. The average Bonchev–Trinajstić information content (AvgIpc) is 3.67. The lowest BCUT2D eigenvalue weighted by atomic mass is 9.90. The van der Waals surface area contributed by atoms with Crippen LogP contribution >= 0.6 is 0 Å². The molecular weight excluding hydrogens is 725 g/mol. The number of para-hydroxylation sites is 4. The van der Waals surface area contributed by atoms with Gasteiger partial charge in [-0.3, -0.25) is 0 Å². The van der Waals surface area contributed by atoms with Gasteiger partial charge in [-0.2, -0.15) is 0 Å². The van der Waals surface area contributed by atoms with Crippen LogP contribution in [0.25, 0.3) is 82.8 Å². The average molecular weight is 765 g/mol. The van der Waals surface area contributed by atoms with E-state index in [1.807, 2.05) is 0 Å². The van der Waals surface area contributed by atoms with Crippen molar-refractivity contribution in [3.8, 4) is 50.2 Å². The minimum atomic E-state index is 1.08. The maximum absolute atomic E-state index is 2.45. The highest BCUT2D eigenvalue weighted by molar-refractivity contribution is 6.17. The first-order chi connectivity index (χ1) is 29.8. The van der Waals surface area contributed by atoms with Gasteiger partial charge in [-0.25, -0.2) is 0 Å². The molecule has 2 heteroatoms. The van der Waals surface area contributed by atoms with Crippen molar-refractivity contribution in [2.75, 3.05) is 4.90 Å². The summed E-state index contributed by atoms with van der Waals surface area (Å²) < 4.78 is 2.40. The second kappa shape index (κ2) is 15.1. The quantitative estimate of drug-likeness (QED) is 0.150. The Morgan fingerprint density at radius 2 is 0.767 bits per heavy atom. The smallest absolute Gasteiger partial charge is 0.0547 e. The Bertz CT molecular complexity index is 3300. The molecule has 1 heterocycles. The van der Waals surface area contributed by atoms with E-state index in [1.54, 1.807) is 0 Å². The molecule has 0 radical (unpaired) electrons. The van der Waals surface area contributed by atoms with Crippen LogP contribution in [0.1, 0.15) is 0 Å². The largest absolute Gasteiger partial charge is 0.309 e. The first-order valence-electron chi connectivity index (χ1n) is 20.6. The van der Waals surface area contributed by atoms with Crippen LogP contribution in [0, 0.1) is 0 Å². The van der Waals surface area contributed by atoms with Gasteiger partial charge in [-0.15, -0.1) is 0 Å². The van der Waals surface area contributed by atoms with Crippen molar-refractivity contribution in [2.24, 2.45) is 0 Å². The number of fused-ring (bicyclic) bond motifs is 4. The first-order valence-corrected chi connectivity index (χ1v) is 20.6. The summed E-state index contributed by atoms with van der Waals surface area (Å²) in [5.74, 6) is 0. The van der Waals surface area contributed by atoms with Crippen LogP contribution in [-0.4, -0.2) is 4.57 Å². The first kappa shape index (κ1) is 35.2. The number of anilines is 3. The molecule has 0 bridgehead atoms. The third kappa shape index (κ3) is 6.06. The third-order valence-electron chi connectivity index (χ3n) is 11.8. The van der Waals surface area contributed by atoms with Gasteiger partial charge in [0.2, 0.25) is 0 Å². The third-order valence-corrected chi connectivity index (χ3v) is 11.8. The zero-order valence-corrected chi connectivity index (χ0v) is 33.0. The van der Waals surface area contributed by atoms with Crippen LogP contribution in [-0.2, 0) is 0 Å². The molecule has 0 N–H and O–H groups in total. The molecule has 0 aliphatic carbocycles. The lowest BCUT2D eigenvalue weighted by molar-refractivity contribution is 1.18. The number of rotatable bonds is 8. The van der Waals surface area contributed by atoms with Gasteiger partial charge < -0.3 is 9.47 Å². The van der Waals surface area contributed by atoms with Crippen molar-refractivity contribution in [1.29, 1.82) is 0 Å². The molecule has 0 saturated carbocycles. The van der Waals surface area contributed by atoms with E-state index in [2.05, 4.69) is 252 Å². The molecule has 0 aliphatic rings. The van der Waals surface area contributed by atoms with Gasteiger partial charge in [0.1, 0.15) is 0 Å². The van der Waals surface area contributed by atoms with Crippen LogP contribution in [0.2, 0.25) is 0 Å². The highest BCUT2D eigenvalue weighted by Gasteiger charge is 2.23. The van der Waals surface area contributed by atoms with Crippen molar-refractivity contribution in [2.45, 2.75) is 0 Å². The molecular formula is C58H40N2. The Morgan fingerprint density at radius 1 is 0.283 bits per heavy atom. The summed E-state index contributed by atoms with van der Waals surface area (Å²) in [6.45, 7) is 0. The van der Waals surface area contributed by atoms with E-state index in [0.717, 1.165) is 33.9 Å². The van der Waals surface area contributed by atoms with E-state index in [1.165, 1.54) is 66.0 Å². The van der Waals surface area contributed by atoms with Gasteiger partial charge in [0, 0.05) is 33.3 Å². The van der Waals surface area contributed by atoms with Crippen molar-refractivity contribution in [3.05, 3.63) is 243 Å². The van der Waals surface area contributed by atoms with Crippen molar-refractivity contribution >= 4 is 49.6 Å². The van der Waals surface area contributed by atoms with Gasteiger partial charge >= 0.3 is 0 Å². The van der Waals surface area contributed by atoms with Crippen molar-refractivity contribution < 1.29 is 0 Å². The van der Waals surface area contributed by atoms with Crippen LogP contribution in [0.4, 0.5) is 17.1 Å². The molecule has 0 fully saturated rings. The van der Waals surface area contributed by atoms with Crippen molar-refractivity contribution in [3.63, 3.8) is 0 Å². The van der Waals surface area contributed by atoms with Gasteiger partial charge in [0.15, 0.2) is 0 Å². The second-order valence-electron chi connectivity index (χ2n) is 15.2. The Morgan fingerprint density at radius 3 is 1.53 bits per heavy atom. The summed E-state index contributed by atoms with van der Waals surface area (Å²) in [6.07, 6.45) is 0. The molecule has 11 rings (SSSR count). The number of benzene rings is 10. The van der Waals surface area contributed by atoms with Crippen LogP contribution < -0.4 is 4.90 Å². The zero-order valence-electron chi connectivity index (χ0n) is 33.0. The monoisotopic (exact) mass is 764 g/mol. The van der Waals surface area contributed by atoms with Gasteiger partial charge in [0.05, 0.1) is 22.4 Å². The normalized spacial score (nSPS) is 11.3. The van der Waals surface area contributed by atoms with E-state index in [4.69, 9.17) is 0 Å². The number of nitrogens with zero attached hydrogens (tertiary/aromatic N) is 2. The summed E-state index contributed by atoms with van der Waals surface area (Å²) in [7, 11) is 0. The van der Waals surface area contributed by atoms with Crippen LogP contribution in [0.5, 0.6) is 0 Å². The molecule has 2 nitrogen and oxygen atoms in total. The molecule has 0 saturated heterocycles. The van der Waals surface area contributed by atoms with E-state index >= 15 is 0 Å². The number of hydrogen-bond acceptors (Lipinski definition) is 1. The number of aromatic nitrogens is 1. The molecule has 0 aliphatic heterocycles. The summed E-state index contributed by atoms with van der Waals surface area (Å²) in [4.78, 5) is 2.45. The fraction of sp³-hybridized carbons (Fsp3) is 0. The van der Waals surface area contributed by atoms with Gasteiger partial charge in [0.25, 0.3) is 0 Å². The van der Waals surface area contributed by atoms with Crippen molar-refractivity contribution in [1.82, 2.24) is 4.57 Å². The van der Waals surface area contributed by atoms with Gasteiger partial charge in [-0.05, 0) is 92.7 Å². The minimum absolute atomic E-state index is 1.08. The molecule has 0 atom stereocenters. The maximum Gasteiger partial charge on any atom is 0.0547 e. The molecule has 0 spiro atoms. The fourth-order valence-corrected chi connectivity index (χ4v) is 9.15. The van der Waals surface area contributed by atoms with Crippen LogP contribution in [0.15, 0.2) is 243 Å². The van der Waals surface area contributed by atoms with E-state index in [0.29, 0.717) is 0 Å². The lowest BCUT2D eigenvalue weighted by Gasteiger charge is -2.30. The SMILES string of the molecule is c1ccc(-c2ccccc2N(c2ccc(-c3cccc4ccccc34)cc2)c2ccccc2-c2ccccc2-c2cccc3c2c2ccccc2n3-c2ccccc2)cc1. The Labute approximate surface area is 350 Å². The van der Waals surface area contributed by atoms with Gasteiger partial charge in [-0.1, -0.05) is 194 Å². The highest BCUT2D eigenvalue weighted by Crippen LogP contribution is 2.48. The second-order valence-corrected chi connectivity index (χ2v) is 15.2. The highest BCUT2D eigenvalue weighted by atomic mass is 15.1. The molecule has 10 aromatic carbocycles. The Kier molecular flexibility index (Phi) is 8.87. The topological polar surface area (TPSA) is 8.17 Å². The Balaban J connectivity index is 1.13. The van der Waals surface area contributed by atoms with E-state index in [-0.39, 0.29) is 0 Å². The summed E-state index contributed by atoms with van der Waals surface area (Å²) in [5.41, 5.74) is 16.3. The number of hydrogen-bond donors (Lipinski definition) is 0. The van der Waals surface area contributed by atoms with E-state index in [9.17, 15) is 0 Å². The molecule has 282 valence electrons. The lowest BCUT2D eigenvalue weighted by Crippen LogP contribution is -2.12. The fourth-order valence-electron chi connectivity index (χ4n) is 9.15. The Hall–Kier alpha value is -7.94. The minimum Gasteiger partial charge on any atom is -0.309 e. The molecule has 0 amide bonds. The predicted octanol–water partition coefficient (Wildman–Crippen LogP) is 16.1. The molecule has 1 aromatic heterocycles. The van der Waals surface area contributed by atoms with E-state index < -0.39 is 0 Å². The maximum atomic E-state index is 2.45. The molecule has 60 heavy (non-hydrogen) atoms. The molecule has 11 aromatic rings. The summed E-state index contributed by atoms with van der Waals surface area (Å²) in [6, 6.07) is 87.9.